The molecule has 1 aliphatic rings. The van der Waals surface area contributed by atoms with Crippen LogP contribution in [0.5, 0.6) is 0 Å². The van der Waals surface area contributed by atoms with Crippen molar-refractivity contribution in [1.29, 1.82) is 0 Å². The minimum absolute atomic E-state index is 0.0166. The van der Waals surface area contributed by atoms with Crippen molar-refractivity contribution < 1.29 is 17.6 Å². The van der Waals surface area contributed by atoms with E-state index in [0.717, 1.165) is 5.56 Å². The SMILES string of the molecule is O=C(NC1CCS(=O)(=O)C1)c1ncoc1-c1ccccc1. The molecule has 7 heteroatoms. The first-order valence-corrected chi connectivity index (χ1v) is 8.37. The summed E-state index contributed by atoms with van der Waals surface area (Å²) in [4.78, 5) is 16.2. The number of carbonyl (C=O) groups is 1. The van der Waals surface area contributed by atoms with Crippen LogP contribution in [0, 0.1) is 0 Å². The van der Waals surface area contributed by atoms with Crippen LogP contribution < -0.4 is 5.32 Å². The lowest BCUT2D eigenvalue weighted by molar-refractivity contribution is 0.0937. The second kappa shape index (κ2) is 5.33. The molecule has 2 aromatic rings. The quantitative estimate of drug-likeness (QED) is 0.922. The van der Waals surface area contributed by atoms with Crippen LogP contribution >= 0.6 is 0 Å². The average molecular weight is 306 g/mol. The van der Waals surface area contributed by atoms with E-state index in [0.29, 0.717) is 12.2 Å². The van der Waals surface area contributed by atoms with Gasteiger partial charge in [0, 0.05) is 11.6 Å². The van der Waals surface area contributed by atoms with Gasteiger partial charge in [-0.3, -0.25) is 4.79 Å². The van der Waals surface area contributed by atoms with E-state index in [1.54, 1.807) is 0 Å². The molecule has 2 heterocycles. The van der Waals surface area contributed by atoms with Crippen molar-refractivity contribution in [3.63, 3.8) is 0 Å². The van der Waals surface area contributed by atoms with Crippen molar-refractivity contribution in [1.82, 2.24) is 10.3 Å². The Morgan fingerprint density at radius 1 is 1.29 bits per heavy atom. The Hall–Kier alpha value is -2.15. The van der Waals surface area contributed by atoms with Gasteiger partial charge in [0.15, 0.2) is 27.7 Å². The lowest BCUT2D eigenvalue weighted by Gasteiger charge is -2.09. The van der Waals surface area contributed by atoms with Crippen molar-refractivity contribution in [2.45, 2.75) is 12.5 Å². The topological polar surface area (TPSA) is 89.3 Å². The number of rotatable bonds is 3. The van der Waals surface area contributed by atoms with Crippen LogP contribution in [-0.4, -0.2) is 36.9 Å². The molecule has 0 bridgehead atoms. The molecule has 0 radical (unpaired) electrons. The first-order valence-electron chi connectivity index (χ1n) is 6.55. The summed E-state index contributed by atoms with van der Waals surface area (Å²) in [5, 5.41) is 2.71. The van der Waals surface area contributed by atoms with Crippen molar-refractivity contribution >= 4 is 15.7 Å². The van der Waals surface area contributed by atoms with E-state index in [-0.39, 0.29) is 23.2 Å². The smallest absolute Gasteiger partial charge is 0.274 e. The van der Waals surface area contributed by atoms with E-state index >= 15 is 0 Å². The van der Waals surface area contributed by atoms with Gasteiger partial charge in [-0.1, -0.05) is 30.3 Å². The molecule has 110 valence electrons. The predicted octanol–water partition coefficient (Wildman–Crippen LogP) is 1.26. The standard InChI is InChI=1S/C14H14N2O4S/c17-14(16-11-6-7-21(18,19)8-11)12-13(20-9-15-12)10-4-2-1-3-5-10/h1-5,9,11H,6-8H2,(H,16,17). The van der Waals surface area contributed by atoms with Crippen molar-refractivity contribution in [2.24, 2.45) is 0 Å². The average Bonchev–Trinajstić information content (AvgIpc) is 3.06. The fraction of sp³-hybridized carbons (Fsp3) is 0.286. The summed E-state index contributed by atoms with van der Waals surface area (Å²) in [7, 11) is -3.03. The van der Waals surface area contributed by atoms with Gasteiger partial charge in [0.25, 0.3) is 5.91 Å². The highest BCUT2D eigenvalue weighted by atomic mass is 32.2. The molecule has 3 rings (SSSR count). The van der Waals surface area contributed by atoms with Crippen LogP contribution in [0.25, 0.3) is 11.3 Å². The number of aromatic nitrogens is 1. The zero-order valence-corrected chi connectivity index (χ0v) is 12.0. The molecule has 1 atom stereocenters. The number of oxazole rings is 1. The Bertz CT molecular complexity index is 752. The highest BCUT2D eigenvalue weighted by molar-refractivity contribution is 7.91. The Kier molecular flexibility index (Phi) is 3.50. The lowest BCUT2D eigenvalue weighted by Crippen LogP contribution is -2.36. The van der Waals surface area contributed by atoms with Gasteiger partial charge in [0.05, 0.1) is 11.5 Å². The molecular weight excluding hydrogens is 292 g/mol. The summed E-state index contributed by atoms with van der Waals surface area (Å²) in [6.07, 6.45) is 1.65. The number of nitrogens with one attached hydrogen (secondary N) is 1. The van der Waals surface area contributed by atoms with Crippen LogP contribution in [0.15, 0.2) is 41.1 Å². The van der Waals surface area contributed by atoms with Gasteiger partial charge in [0.1, 0.15) is 0 Å². The number of amides is 1. The third-order valence-corrected chi connectivity index (χ3v) is 5.15. The van der Waals surface area contributed by atoms with E-state index in [1.165, 1.54) is 6.39 Å². The van der Waals surface area contributed by atoms with Crippen LogP contribution in [0.2, 0.25) is 0 Å². The van der Waals surface area contributed by atoms with Crippen LogP contribution in [0.4, 0.5) is 0 Å². The second-order valence-corrected chi connectivity index (χ2v) is 7.20. The van der Waals surface area contributed by atoms with Crippen LogP contribution in [0.3, 0.4) is 0 Å². The first-order chi connectivity index (χ1) is 10.1. The van der Waals surface area contributed by atoms with Gasteiger partial charge in [0.2, 0.25) is 0 Å². The fourth-order valence-electron chi connectivity index (χ4n) is 2.36. The Balaban J connectivity index is 1.79. The molecule has 0 aliphatic carbocycles. The second-order valence-electron chi connectivity index (χ2n) is 4.97. The fourth-order valence-corrected chi connectivity index (χ4v) is 4.04. The highest BCUT2D eigenvalue weighted by Gasteiger charge is 2.30. The number of sulfone groups is 1. The summed E-state index contributed by atoms with van der Waals surface area (Å²) in [5.41, 5.74) is 0.921. The lowest BCUT2D eigenvalue weighted by atomic mass is 10.1. The van der Waals surface area contributed by atoms with Crippen molar-refractivity contribution in [2.75, 3.05) is 11.5 Å². The zero-order chi connectivity index (χ0) is 14.9. The van der Waals surface area contributed by atoms with Gasteiger partial charge in [-0.05, 0) is 6.42 Å². The van der Waals surface area contributed by atoms with Gasteiger partial charge in [-0.25, -0.2) is 13.4 Å². The van der Waals surface area contributed by atoms with E-state index < -0.39 is 15.7 Å². The molecule has 21 heavy (non-hydrogen) atoms. The molecule has 6 nitrogen and oxygen atoms in total. The molecule has 1 unspecified atom stereocenters. The summed E-state index contributed by atoms with van der Waals surface area (Å²) >= 11 is 0. The molecule has 0 spiro atoms. The minimum atomic E-state index is -3.03. The monoisotopic (exact) mass is 306 g/mol. The van der Waals surface area contributed by atoms with E-state index in [9.17, 15) is 13.2 Å². The minimum Gasteiger partial charge on any atom is -0.443 e. The molecule has 1 aromatic heterocycles. The summed E-state index contributed by atoms with van der Waals surface area (Å²) in [6, 6.07) is 8.81. The highest BCUT2D eigenvalue weighted by Crippen LogP contribution is 2.23. The van der Waals surface area contributed by atoms with Crippen LogP contribution in [0.1, 0.15) is 16.9 Å². The maximum absolute atomic E-state index is 12.2. The molecule has 1 aromatic carbocycles. The maximum atomic E-state index is 12.2. The number of hydrogen-bond donors (Lipinski definition) is 1. The van der Waals surface area contributed by atoms with Crippen molar-refractivity contribution in [3.8, 4) is 11.3 Å². The van der Waals surface area contributed by atoms with E-state index in [2.05, 4.69) is 10.3 Å². The molecule has 1 fully saturated rings. The van der Waals surface area contributed by atoms with Crippen LogP contribution in [-0.2, 0) is 9.84 Å². The van der Waals surface area contributed by atoms with Gasteiger partial charge in [-0.2, -0.15) is 0 Å². The number of benzene rings is 1. The number of carbonyl (C=O) groups excluding carboxylic acids is 1. The molecular formula is C14H14N2O4S. The van der Waals surface area contributed by atoms with Gasteiger partial charge in [-0.15, -0.1) is 0 Å². The zero-order valence-electron chi connectivity index (χ0n) is 11.2. The van der Waals surface area contributed by atoms with E-state index in [4.69, 9.17) is 4.42 Å². The molecule has 0 saturated carbocycles. The van der Waals surface area contributed by atoms with Gasteiger partial charge >= 0.3 is 0 Å². The molecule has 1 saturated heterocycles. The molecule has 1 aliphatic heterocycles. The third-order valence-electron chi connectivity index (χ3n) is 3.39. The largest absolute Gasteiger partial charge is 0.443 e. The maximum Gasteiger partial charge on any atom is 0.274 e. The summed E-state index contributed by atoms with van der Waals surface area (Å²) < 4.78 is 28.1. The Morgan fingerprint density at radius 2 is 2.05 bits per heavy atom. The predicted molar refractivity (Wildman–Crippen MR) is 76.5 cm³/mol. The molecule has 1 N–H and O–H groups in total. The molecule has 1 amide bonds. The normalized spacial score (nSPS) is 20.3. The van der Waals surface area contributed by atoms with E-state index in [1.807, 2.05) is 30.3 Å². The van der Waals surface area contributed by atoms with Gasteiger partial charge < -0.3 is 9.73 Å². The summed E-state index contributed by atoms with van der Waals surface area (Å²) in [5.74, 6) is 0.0678. The Morgan fingerprint density at radius 3 is 2.71 bits per heavy atom. The summed E-state index contributed by atoms with van der Waals surface area (Å²) in [6.45, 7) is 0. The number of nitrogens with zero attached hydrogens (tertiary/aromatic N) is 1. The third kappa shape index (κ3) is 2.97. The van der Waals surface area contributed by atoms with Crippen molar-refractivity contribution in [3.05, 3.63) is 42.4 Å². The first kappa shape index (κ1) is 13.8. The number of hydrogen-bond acceptors (Lipinski definition) is 5. The Labute approximate surface area is 122 Å².